The molecule has 0 saturated carbocycles. The Hall–Kier alpha value is -0.120. The van der Waals surface area contributed by atoms with Crippen LogP contribution in [0, 0.1) is 5.92 Å². The third-order valence-corrected chi connectivity index (χ3v) is 4.80. The summed E-state index contributed by atoms with van der Waals surface area (Å²) in [6, 6.07) is 0. The number of nitrogens with zero attached hydrogens (tertiary/aromatic N) is 2. The Balaban J connectivity index is -0.000000158. The summed E-state index contributed by atoms with van der Waals surface area (Å²) in [5.41, 5.74) is 0.752. The van der Waals surface area contributed by atoms with Crippen LogP contribution in [0.25, 0.3) is 0 Å². The minimum absolute atomic E-state index is 0. The monoisotopic (exact) mass is 403 g/mol. The molecule has 2 fully saturated rings. The Kier molecular flexibility index (Phi) is 25.4. The van der Waals surface area contributed by atoms with Gasteiger partial charge in [0.2, 0.25) is 0 Å². The molecule has 0 aromatic carbocycles. The molecular formula is C25H61N3. The summed E-state index contributed by atoms with van der Waals surface area (Å²) in [6.07, 6.45) is 2.77. The molecule has 1 N–H and O–H groups in total. The van der Waals surface area contributed by atoms with E-state index in [0.29, 0.717) is 11.1 Å². The van der Waals surface area contributed by atoms with E-state index < -0.39 is 0 Å². The van der Waals surface area contributed by atoms with Crippen LogP contribution in [-0.2, 0) is 0 Å². The van der Waals surface area contributed by atoms with Crippen LogP contribution in [0.1, 0.15) is 110 Å². The van der Waals surface area contributed by atoms with Gasteiger partial charge >= 0.3 is 0 Å². The van der Waals surface area contributed by atoms with Gasteiger partial charge in [-0.3, -0.25) is 9.80 Å². The molecule has 176 valence electrons. The minimum Gasteiger partial charge on any atom is -0.314 e. The van der Waals surface area contributed by atoms with Crippen LogP contribution in [0.2, 0.25) is 0 Å². The quantitative estimate of drug-likeness (QED) is 0.473. The Morgan fingerprint density at radius 2 is 0.893 bits per heavy atom. The molecule has 3 heteroatoms. The van der Waals surface area contributed by atoms with Gasteiger partial charge in [0.15, 0.2) is 0 Å². The molecule has 0 spiro atoms. The van der Waals surface area contributed by atoms with Crippen molar-refractivity contribution in [3.8, 4) is 0 Å². The van der Waals surface area contributed by atoms with Gasteiger partial charge in [-0.1, -0.05) is 55.9 Å². The summed E-state index contributed by atoms with van der Waals surface area (Å²) >= 11 is 0. The molecule has 2 aliphatic heterocycles. The van der Waals surface area contributed by atoms with Crippen molar-refractivity contribution in [2.75, 3.05) is 39.3 Å². The highest BCUT2D eigenvalue weighted by molar-refractivity contribution is 4.81. The maximum absolute atomic E-state index is 3.35. The van der Waals surface area contributed by atoms with Gasteiger partial charge in [0.05, 0.1) is 0 Å². The van der Waals surface area contributed by atoms with Crippen molar-refractivity contribution in [2.45, 2.75) is 121 Å². The highest BCUT2D eigenvalue weighted by Gasteiger charge is 2.24. The molecule has 0 atom stereocenters. The first kappa shape index (κ1) is 35.3. The summed E-state index contributed by atoms with van der Waals surface area (Å²) < 4.78 is 0. The van der Waals surface area contributed by atoms with Gasteiger partial charge in [-0.05, 0) is 73.4 Å². The molecule has 2 aliphatic rings. The van der Waals surface area contributed by atoms with Gasteiger partial charge < -0.3 is 5.32 Å². The third-order valence-electron chi connectivity index (χ3n) is 4.80. The summed E-state index contributed by atoms with van der Waals surface area (Å²) in [6.45, 7) is 35.4. The van der Waals surface area contributed by atoms with E-state index in [9.17, 15) is 0 Å². The zero-order valence-corrected chi connectivity index (χ0v) is 21.6. The predicted molar refractivity (Wildman–Crippen MR) is 135 cm³/mol. The lowest BCUT2D eigenvalue weighted by Gasteiger charge is -2.40. The number of piperidine rings is 1. The van der Waals surface area contributed by atoms with Crippen LogP contribution in [0.5, 0.6) is 0 Å². The molecule has 2 heterocycles. The van der Waals surface area contributed by atoms with Gasteiger partial charge in [-0.15, -0.1) is 0 Å². The molecule has 0 unspecified atom stereocenters. The van der Waals surface area contributed by atoms with Crippen LogP contribution in [-0.4, -0.2) is 60.1 Å². The lowest BCUT2D eigenvalue weighted by Crippen LogP contribution is -2.51. The van der Waals surface area contributed by atoms with E-state index in [1.54, 1.807) is 0 Å². The largest absolute Gasteiger partial charge is 0.314 e. The number of rotatable bonds is 0. The Bertz CT molecular complexity index is 275. The zero-order valence-electron chi connectivity index (χ0n) is 21.6. The second-order valence-corrected chi connectivity index (χ2v) is 8.75. The average Bonchev–Trinajstić information content (AvgIpc) is 2.67. The molecule has 2 rings (SSSR count). The van der Waals surface area contributed by atoms with E-state index in [1.165, 1.54) is 39.0 Å². The second-order valence-electron chi connectivity index (χ2n) is 8.75. The highest BCUT2D eigenvalue weighted by Crippen LogP contribution is 2.22. The van der Waals surface area contributed by atoms with Crippen molar-refractivity contribution in [1.29, 1.82) is 0 Å². The van der Waals surface area contributed by atoms with Gasteiger partial charge in [0, 0.05) is 37.3 Å². The topological polar surface area (TPSA) is 18.5 Å². The van der Waals surface area contributed by atoms with E-state index in [-0.39, 0.29) is 7.43 Å². The van der Waals surface area contributed by atoms with Crippen LogP contribution in [0.15, 0.2) is 0 Å². The maximum Gasteiger partial charge on any atom is 0.0126 e. The Morgan fingerprint density at radius 3 is 1.14 bits per heavy atom. The molecule has 0 bridgehead atoms. The first-order valence-corrected chi connectivity index (χ1v) is 11.8. The van der Waals surface area contributed by atoms with E-state index in [1.807, 2.05) is 41.5 Å². The van der Waals surface area contributed by atoms with Crippen LogP contribution in [0.4, 0.5) is 0 Å². The maximum atomic E-state index is 3.35. The number of likely N-dealkylation sites (tertiary alicyclic amines) is 1. The minimum atomic E-state index is 0. The number of nitrogens with one attached hydrogen (secondary N) is 1. The second kappa shape index (κ2) is 20.2. The molecule has 28 heavy (non-hydrogen) atoms. The van der Waals surface area contributed by atoms with Crippen molar-refractivity contribution >= 4 is 0 Å². The van der Waals surface area contributed by atoms with Crippen molar-refractivity contribution in [2.24, 2.45) is 5.92 Å². The van der Waals surface area contributed by atoms with Gasteiger partial charge in [-0.2, -0.15) is 0 Å². The molecular weight excluding hydrogens is 342 g/mol. The summed E-state index contributed by atoms with van der Waals surface area (Å²) in [7, 11) is 0. The molecule has 0 aromatic heterocycles. The number of piperazine rings is 1. The van der Waals surface area contributed by atoms with Gasteiger partial charge in [0.1, 0.15) is 0 Å². The van der Waals surface area contributed by atoms with Gasteiger partial charge in [0.25, 0.3) is 0 Å². The van der Waals surface area contributed by atoms with Crippen molar-refractivity contribution < 1.29 is 0 Å². The Morgan fingerprint density at radius 1 is 0.607 bits per heavy atom. The van der Waals surface area contributed by atoms with Crippen molar-refractivity contribution in [3.63, 3.8) is 0 Å². The fourth-order valence-electron chi connectivity index (χ4n) is 3.02. The summed E-state index contributed by atoms with van der Waals surface area (Å²) in [5, 5.41) is 3.35. The normalized spacial score (nSPS) is 18.3. The first-order valence-electron chi connectivity index (χ1n) is 11.8. The molecule has 0 aromatic rings. The third kappa shape index (κ3) is 17.9. The average molecular weight is 404 g/mol. The van der Waals surface area contributed by atoms with E-state index in [2.05, 4.69) is 63.6 Å². The summed E-state index contributed by atoms with van der Waals surface area (Å²) in [4.78, 5) is 5.11. The van der Waals surface area contributed by atoms with Gasteiger partial charge in [-0.25, -0.2) is 0 Å². The SMILES string of the molecule is C.CC.CC.CC.CC(C)(C)N1CCNCC1.CC1CCN(C(C)(C)C)CC1. The fourth-order valence-corrected chi connectivity index (χ4v) is 3.02. The standard InChI is InChI=1S/C10H21N.C8H18N2.3C2H6.CH4/c1-9-5-7-11(8-6-9)10(2,3)4;1-8(2,3)10-6-4-9-5-7-10;3*1-2;/h9H,5-8H2,1-4H3;9H,4-7H2,1-3H3;3*1-2H3;1H4. The Labute approximate surface area is 182 Å². The lowest BCUT2D eigenvalue weighted by molar-refractivity contribution is 0.0916. The van der Waals surface area contributed by atoms with E-state index in [0.717, 1.165) is 19.0 Å². The zero-order chi connectivity index (χ0) is 22.1. The van der Waals surface area contributed by atoms with Crippen molar-refractivity contribution in [3.05, 3.63) is 0 Å². The lowest BCUT2D eigenvalue weighted by atomic mass is 9.95. The number of hydrogen-bond donors (Lipinski definition) is 1. The summed E-state index contributed by atoms with van der Waals surface area (Å²) in [5.74, 6) is 0.952. The van der Waals surface area contributed by atoms with E-state index in [4.69, 9.17) is 0 Å². The highest BCUT2D eigenvalue weighted by atomic mass is 15.2. The smallest absolute Gasteiger partial charge is 0.0126 e. The molecule has 3 nitrogen and oxygen atoms in total. The van der Waals surface area contributed by atoms with Crippen LogP contribution < -0.4 is 5.32 Å². The fraction of sp³-hybridized carbons (Fsp3) is 1.00. The first-order chi connectivity index (χ1) is 12.6. The van der Waals surface area contributed by atoms with Crippen LogP contribution >= 0.6 is 0 Å². The van der Waals surface area contributed by atoms with Crippen LogP contribution in [0.3, 0.4) is 0 Å². The molecule has 0 amide bonds. The molecule has 2 saturated heterocycles. The predicted octanol–water partition coefficient (Wildman–Crippen LogP) is 6.92. The van der Waals surface area contributed by atoms with Crippen molar-refractivity contribution in [1.82, 2.24) is 15.1 Å². The number of hydrogen-bond acceptors (Lipinski definition) is 3. The molecule has 0 radical (unpaired) electrons. The van der Waals surface area contributed by atoms with E-state index >= 15 is 0 Å². The molecule has 0 aliphatic carbocycles.